The van der Waals surface area contributed by atoms with E-state index < -0.39 is 0 Å². The molecule has 1 saturated carbocycles. The summed E-state index contributed by atoms with van der Waals surface area (Å²) in [5.74, 6) is 2.04. The first kappa shape index (κ1) is 18.5. The van der Waals surface area contributed by atoms with Gasteiger partial charge >= 0.3 is 0 Å². The predicted octanol–water partition coefficient (Wildman–Crippen LogP) is 3.33. The molecule has 1 aliphatic carbocycles. The first-order valence-electron chi connectivity index (χ1n) is 9.93. The summed E-state index contributed by atoms with van der Waals surface area (Å²) in [7, 11) is 0. The van der Waals surface area contributed by atoms with E-state index >= 15 is 0 Å². The zero-order valence-corrected chi connectivity index (χ0v) is 15.8. The van der Waals surface area contributed by atoms with Gasteiger partial charge in [-0.25, -0.2) is 4.68 Å². The van der Waals surface area contributed by atoms with Crippen LogP contribution in [0.15, 0.2) is 30.5 Å². The Morgan fingerprint density at radius 3 is 2.52 bits per heavy atom. The molecule has 1 saturated heterocycles. The molecule has 5 heteroatoms. The van der Waals surface area contributed by atoms with Crippen molar-refractivity contribution in [2.24, 2.45) is 0 Å². The van der Waals surface area contributed by atoms with Crippen molar-refractivity contribution < 1.29 is 4.74 Å². The Kier molecular flexibility index (Phi) is 6.40. The maximum atomic E-state index is 5.89. The van der Waals surface area contributed by atoms with Gasteiger partial charge < -0.3 is 9.64 Å². The zero-order valence-electron chi connectivity index (χ0n) is 15.8. The van der Waals surface area contributed by atoms with Gasteiger partial charge in [-0.2, -0.15) is 0 Å². The van der Waals surface area contributed by atoms with E-state index in [1.807, 2.05) is 48.7 Å². The number of likely N-dealkylation sites (tertiary alicyclic amines) is 1. The van der Waals surface area contributed by atoms with Crippen molar-refractivity contribution >= 4 is 0 Å². The molecule has 141 valence electrons. The summed E-state index contributed by atoms with van der Waals surface area (Å²) in [6.07, 6.45) is 15.3. The molecule has 1 aliphatic heterocycles. The first-order valence-corrected chi connectivity index (χ1v) is 9.93. The molecule has 0 spiro atoms. The highest BCUT2D eigenvalue weighted by molar-refractivity contribution is 5.45. The third-order valence-corrected chi connectivity index (χ3v) is 5.10. The molecule has 1 aromatic heterocycles. The summed E-state index contributed by atoms with van der Waals surface area (Å²) in [6, 6.07) is 8.30. The predicted molar refractivity (Wildman–Crippen MR) is 106 cm³/mol. The molecule has 1 aromatic carbocycles. The van der Waals surface area contributed by atoms with Crippen molar-refractivity contribution in [2.75, 3.05) is 26.2 Å². The second-order valence-corrected chi connectivity index (χ2v) is 7.22. The summed E-state index contributed by atoms with van der Waals surface area (Å²) in [5, 5.41) is 8.47. The third-order valence-electron chi connectivity index (χ3n) is 5.10. The molecule has 2 fully saturated rings. The lowest BCUT2D eigenvalue weighted by Crippen LogP contribution is -2.31. The van der Waals surface area contributed by atoms with E-state index in [4.69, 9.17) is 4.74 Å². The van der Waals surface area contributed by atoms with E-state index in [-0.39, 0.29) is 0 Å². The van der Waals surface area contributed by atoms with Gasteiger partial charge in [0.2, 0.25) is 0 Å². The van der Waals surface area contributed by atoms with Gasteiger partial charge in [0.05, 0.1) is 18.8 Å². The van der Waals surface area contributed by atoms with Crippen molar-refractivity contribution in [1.29, 1.82) is 0 Å². The summed E-state index contributed by atoms with van der Waals surface area (Å²) in [4.78, 5) is 2.55. The quantitative estimate of drug-likeness (QED) is 0.675. The lowest BCUT2D eigenvalue weighted by molar-refractivity contribution is 0.205. The van der Waals surface area contributed by atoms with Crippen LogP contribution in [0.4, 0.5) is 0 Å². The maximum Gasteiger partial charge on any atom is 0.119 e. The molecule has 2 aliphatic rings. The largest absolute Gasteiger partial charge is 0.494 e. The highest BCUT2D eigenvalue weighted by Gasteiger charge is 2.21. The fourth-order valence-electron chi connectivity index (χ4n) is 3.59. The van der Waals surface area contributed by atoms with Gasteiger partial charge in [-0.15, -0.1) is 5.10 Å². The number of piperidine rings is 1. The Balaban J connectivity index is 1.20. The highest BCUT2D eigenvalue weighted by atomic mass is 16.5. The number of hydrogen-bond acceptors (Lipinski definition) is 4. The molecular formula is C22H27N4O. The van der Waals surface area contributed by atoms with E-state index in [9.17, 15) is 0 Å². The van der Waals surface area contributed by atoms with Gasteiger partial charge in [0.25, 0.3) is 0 Å². The Morgan fingerprint density at radius 2 is 1.74 bits per heavy atom. The van der Waals surface area contributed by atoms with E-state index in [1.165, 1.54) is 37.9 Å². The molecule has 5 radical (unpaired) electrons. The molecule has 2 aromatic rings. The van der Waals surface area contributed by atoms with Gasteiger partial charge in [-0.1, -0.05) is 23.8 Å². The Bertz CT molecular complexity index is 685. The second kappa shape index (κ2) is 9.36. The number of nitrogens with zero attached hydrogens (tertiary/aromatic N) is 4. The van der Waals surface area contributed by atoms with E-state index in [0.29, 0.717) is 6.54 Å². The molecule has 27 heavy (non-hydrogen) atoms. The first-order chi connectivity index (χ1) is 13.4. The Hall–Kier alpha value is -1.88. The van der Waals surface area contributed by atoms with Crippen LogP contribution in [0, 0.1) is 31.6 Å². The number of benzene rings is 1. The average Bonchev–Trinajstić information content (AvgIpc) is 3.39. The van der Waals surface area contributed by atoms with Gasteiger partial charge in [0.1, 0.15) is 5.75 Å². The van der Waals surface area contributed by atoms with Gasteiger partial charge in [0, 0.05) is 18.7 Å². The van der Waals surface area contributed by atoms with E-state index in [0.717, 1.165) is 36.9 Å². The zero-order chi connectivity index (χ0) is 18.3. The minimum Gasteiger partial charge on any atom is -0.494 e. The molecule has 2 heterocycles. The average molecular weight is 363 g/mol. The van der Waals surface area contributed by atoms with Crippen LogP contribution < -0.4 is 4.74 Å². The van der Waals surface area contributed by atoms with Crippen molar-refractivity contribution in [3.8, 4) is 5.75 Å². The molecule has 4 rings (SSSR count). The summed E-state index contributed by atoms with van der Waals surface area (Å²) in [6.45, 7) is 5.15. The SMILES string of the molecule is [CH]1[CH][CH][C](c2cn(Cc3ccc(OCCCN4CCCCC4)cc3)nn2)[CH]1. The standard InChI is InChI=1S/C22H27N4O/c1-4-13-25(14-5-1)15-6-16-27-21-11-9-19(10-12-21)17-26-18-22(23-24-26)20-7-2-3-8-20/h2-3,7-12,18H,1,4-6,13-17H2. The van der Waals surface area contributed by atoms with Gasteiger partial charge in [-0.05, 0) is 75.7 Å². The summed E-state index contributed by atoms with van der Waals surface area (Å²) >= 11 is 0. The van der Waals surface area contributed by atoms with Crippen molar-refractivity contribution in [2.45, 2.75) is 32.2 Å². The number of ether oxygens (including phenoxy) is 1. The smallest absolute Gasteiger partial charge is 0.119 e. The number of aromatic nitrogens is 3. The number of rotatable bonds is 8. The molecular weight excluding hydrogens is 336 g/mol. The van der Waals surface area contributed by atoms with Crippen LogP contribution in [-0.2, 0) is 6.54 Å². The molecule has 0 N–H and O–H groups in total. The van der Waals surface area contributed by atoms with Crippen LogP contribution in [0.25, 0.3) is 0 Å². The number of hydrogen-bond donors (Lipinski definition) is 0. The Labute approximate surface area is 162 Å². The van der Waals surface area contributed by atoms with Crippen LogP contribution in [0.1, 0.15) is 36.9 Å². The minimum atomic E-state index is 0.711. The summed E-state index contributed by atoms with van der Waals surface area (Å²) < 4.78 is 7.77. The molecule has 0 amide bonds. The maximum absolute atomic E-state index is 5.89. The third kappa shape index (κ3) is 5.32. The van der Waals surface area contributed by atoms with Gasteiger partial charge in [0.15, 0.2) is 0 Å². The van der Waals surface area contributed by atoms with Crippen LogP contribution in [0.3, 0.4) is 0 Å². The Morgan fingerprint density at radius 1 is 0.963 bits per heavy atom. The molecule has 5 nitrogen and oxygen atoms in total. The lowest BCUT2D eigenvalue weighted by Gasteiger charge is -2.26. The van der Waals surface area contributed by atoms with Crippen LogP contribution >= 0.6 is 0 Å². The van der Waals surface area contributed by atoms with Crippen molar-refractivity contribution in [3.63, 3.8) is 0 Å². The van der Waals surface area contributed by atoms with Crippen LogP contribution in [-0.4, -0.2) is 46.1 Å². The monoisotopic (exact) mass is 363 g/mol. The molecule has 0 atom stereocenters. The van der Waals surface area contributed by atoms with Crippen molar-refractivity contribution in [1.82, 2.24) is 19.9 Å². The van der Waals surface area contributed by atoms with E-state index in [2.05, 4.69) is 27.3 Å². The van der Waals surface area contributed by atoms with Crippen molar-refractivity contribution in [3.05, 3.63) is 73.3 Å². The van der Waals surface area contributed by atoms with E-state index in [1.54, 1.807) is 0 Å². The molecule has 0 bridgehead atoms. The fraction of sp³-hybridized carbons (Fsp3) is 0.409. The lowest BCUT2D eigenvalue weighted by atomic mass is 10.1. The van der Waals surface area contributed by atoms with Gasteiger partial charge in [-0.3, -0.25) is 0 Å². The fourth-order valence-corrected chi connectivity index (χ4v) is 3.59. The topological polar surface area (TPSA) is 43.2 Å². The molecule has 0 unspecified atom stereocenters. The second-order valence-electron chi connectivity index (χ2n) is 7.22. The minimum absolute atomic E-state index is 0.711. The summed E-state index contributed by atoms with van der Waals surface area (Å²) in [5.41, 5.74) is 2.10. The normalized spacial score (nSPS) is 18.8. The van der Waals surface area contributed by atoms with Crippen LogP contribution in [0.2, 0.25) is 0 Å². The highest BCUT2D eigenvalue weighted by Crippen LogP contribution is 2.28. The van der Waals surface area contributed by atoms with Crippen LogP contribution in [0.5, 0.6) is 5.75 Å².